The van der Waals surface area contributed by atoms with Gasteiger partial charge in [0.25, 0.3) is 0 Å². The molecule has 0 saturated carbocycles. The van der Waals surface area contributed by atoms with Crippen molar-refractivity contribution >= 4 is 15.6 Å². The fourth-order valence-electron chi connectivity index (χ4n) is 1.68. The van der Waals surface area contributed by atoms with Crippen LogP contribution in [0, 0.1) is 0 Å². The molecule has 0 saturated heterocycles. The second-order valence-corrected chi connectivity index (χ2v) is 8.43. The standard InChI is InChI=1S/C14H32O10P2/c1-4-7-10-20-14(21-11-8-5-2,22-12-9-6-3)13-23-26(18,19)24-25(15,16)17/h4-13H2,1-3H3,(H,18,19)(H2,15,16,17). The third-order valence-electron chi connectivity index (χ3n) is 3.07. The van der Waals surface area contributed by atoms with E-state index in [0.717, 1.165) is 19.3 Å². The summed E-state index contributed by atoms with van der Waals surface area (Å²) in [5.41, 5.74) is 0. The van der Waals surface area contributed by atoms with Crippen molar-refractivity contribution in [1.29, 1.82) is 0 Å². The van der Waals surface area contributed by atoms with Crippen LogP contribution in [0.5, 0.6) is 0 Å². The fraction of sp³-hybridized carbons (Fsp3) is 1.00. The van der Waals surface area contributed by atoms with E-state index in [4.69, 9.17) is 24.0 Å². The second kappa shape index (κ2) is 13.3. The molecule has 0 radical (unpaired) electrons. The average molecular weight is 422 g/mol. The molecule has 12 heteroatoms. The number of hydrogen-bond donors (Lipinski definition) is 3. The van der Waals surface area contributed by atoms with Gasteiger partial charge < -0.3 is 28.9 Å². The Morgan fingerprint density at radius 2 is 1.15 bits per heavy atom. The van der Waals surface area contributed by atoms with Gasteiger partial charge in [-0.15, -0.1) is 0 Å². The molecule has 0 bridgehead atoms. The molecule has 158 valence electrons. The third kappa shape index (κ3) is 13.3. The zero-order valence-electron chi connectivity index (χ0n) is 15.7. The number of phosphoric acid groups is 2. The van der Waals surface area contributed by atoms with E-state index < -0.39 is 28.2 Å². The number of rotatable bonds is 17. The van der Waals surface area contributed by atoms with E-state index in [-0.39, 0.29) is 19.8 Å². The van der Waals surface area contributed by atoms with Gasteiger partial charge in [0.15, 0.2) is 0 Å². The topological polar surface area (TPSA) is 141 Å². The summed E-state index contributed by atoms with van der Waals surface area (Å²) in [5, 5.41) is 0. The van der Waals surface area contributed by atoms with Crippen LogP contribution in [0.25, 0.3) is 0 Å². The summed E-state index contributed by atoms with van der Waals surface area (Å²) in [6.07, 6.45) is 4.64. The molecule has 0 aliphatic heterocycles. The second-order valence-electron chi connectivity index (χ2n) is 5.60. The lowest BCUT2D eigenvalue weighted by Crippen LogP contribution is -2.44. The Kier molecular flexibility index (Phi) is 13.4. The van der Waals surface area contributed by atoms with Gasteiger partial charge in [0.05, 0.1) is 19.8 Å². The van der Waals surface area contributed by atoms with Crippen LogP contribution >= 0.6 is 15.6 Å². The largest absolute Gasteiger partial charge is 0.481 e. The molecule has 0 spiro atoms. The molecule has 0 aromatic carbocycles. The number of unbranched alkanes of at least 4 members (excludes halogenated alkanes) is 3. The van der Waals surface area contributed by atoms with E-state index in [1.807, 2.05) is 20.8 Å². The van der Waals surface area contributed by atoms with Crippen LogP contribution in [0.1, 0.15) is 59.3 Å². The molecule has 0 aromatic heterocycles. The molecule has 26 heavy (non-hydrogen) atoms. The van der Waals surface area contributed by atoms with Crippen LogP contribution in [0.15, 0.2) is 0 Å². The lowest BCUT2D eigenvalue weighted by Gasteiger charge is -2.33. The Balaban J connectivity index is 5.12. The van der Waals surface area contributed by atoms with Gasteiger partial charge in [-0.25, -0.2) is 9.13 Å². The normalized spacial score (nSPS) is 15.2. The Bertz CT molecular complexity index is 426. The van der Waals surface area contributed by atoms with Crippen molar-refractivity contribution < 1.29 is 46.9 Å². The smallest absolute Gasteiger partial charge is 0.326 e. The quantitative estimate of drug-likeness (QED) is 0.182. The summed E-state index contributed by atoms with van der Waals surface area (Å²) in [6.45, 7) is 5.99. The zero-order chi connectivity index (χ0) is 20.1. The summed E-state index contributed by atoms with van der Waals surface area (Å²) >= 11 is 0. The average Bonchev–Trinajstić information content (AvgIpc) is 2.51. The maximum absolute atomic E-state index is 11.7. The van der Waals surface area contributed by atoms with Crippen molar-refractivity contribution in [2.24, 2.45) is 0 Å². The van der Waals surface area contributed by atoms with Crippen molar-refractivity contribution in [2.75, 3.05) is 26.4 Å². The van der Waals surface area contributed by atoms with Gasteiger partial charge in [-0.3, -0.25) is 4.52 Å². The summed E-state index contributed by atoms with van der Waals surface area (Å²) in [5.74, 6) is -1.75. The molecule has 0 amide bonds. The Morgan fingerprint density at radius 3 is 1.46 bits per heavy atom. The van der Waals surface area contributed by atoms with Gasteiger partial charge in [0.1, 0.15) is 6.61 Å². The first kappa shape index (κ1) is 26.1. The SMILES string of the molecule is CCCCOC(COP(=O)(O)OP(=O)(O)O)(OCCCC)OCCCC. The highest BCUT2D eigenvalue weighted by molar-refractivity contribution is 7.60. The molecule has 1 unspecified atom stereocenters. The fourth-order valence-corrected chi connectivity index (χ4v) is 3.27. The van der Waals surface area contributed by atoms with Gasteiger partial charge >= 0.3 is 21.6 Å². The van der Waals surface area contributed by atoms with E-state index in [9.17, 15) is 14.0 Å². The number of hydrogen-bond acceptors (Lipinski definition) is 7. The molecule has 0 fully saturated rings. The maximum atomic E-state index is 11.7. The summed E-state index contributed by atoms with van der Waals surface area (Å²) in [7, 11) is -10.2. The maximum Gasteiger partial charge on any atom is 0.481 e. The van der Waals surface area contributed by atoms with Crippen LogP contribution in [0.3, 0.4) is 0 Å². The lowest BCUT2D eigenvalue weighted by molar-refractivity contribution is -0.390. The van der Waals surface area contributed by atoms with Crippen LogP contribution < -0.4 is 0 Å². The first-order chi connectivity index (χ1) is 12.1. The van der Waals surface area contributed by atoms with E-state index in [2.05, 4.69) is 8.83 Å². The minimum absolute atomic E-state index is 0.257. The Hall–Kier alpha value is 0.140. The highest BCUT2D eigenvalue weighted by Crippen LogP contribution is 2.57. The summed E-state index contributed by atoms with van der Waals surface area (Å²) in [6, 6.07) is 0. The van der Waals surface area contributed by atoms with Gasteiger partial charge in [0.2, 0.25) is 0 Å². The van der Waals surface area contributed by atoms with Gasteiger partial charge in [-0.1, -0.05) is 40.0 Å². The Labute approximate surface area is 155 Å². The molecular formula is C14H32O10P2. The molecule has 0 aliphatic rings. The molecule has 3 N–H and O–H groups in total. The molecule has 0 heterocycles. The number of phosphoric ester groups is 1. The predicted molar refractivity (Wildman–Crippen MR) is 94.2 cm³/mol. The molecule has 0 rings (SSSR count). The van der Waals surface area contributed by atoms with Gasteiger partial charge in [0, 0.05) is 0 Å². The van der Waals surface area contributed by atoms with E-state index >= 15 is 0 Å². The number of ether oxygens (including phenoxy) is 3. The molecule has 0 aromatic rings. The first-order valence-corrected chi connectivity index (χ1v) is 11.8. The van der Waals surface area contributed by atoms with Gasteiger partial charge in [-0.05, 0) is 19.3 Å². The van der Waals surface area contributed by atoms with Crippen LogP contribution in [-0.2, 0) is 32.2 Å². The van der Waals surface area contributed by atoms with Crippen molar-refractivity contribution in [1.82, 2.24) is 0 Å². The van der Waals surface area contributed by atoms with E-state index in [1.54, 1.807) is 0 Å². The molecule has 0 aliphatic carbocycles. The third-order valence-corrected chi connectivity index (χ3v) is 5.21. The van der Waals surface area contributed by atoms with E-state index in [0.29, 0.717) is 19.3 Å². The first-order valence-electron chi connectivity index (χ1n) is 8.75. The Morgan fingerprint density at radius 1 is 0.769 bits per heavy atom. The molecule has 1 atom stereocenters. The molecular weight excluding hydrogens is 390 g/mol. The van der Waals surface area contributed by atoms with Crippen molar-refractivity contribution in [2.45, 2.75) is 65.3 Å². The van der Waals surface area contributed by atoms with Crippen LogP contribution in [0.2, 0.25) is 0 Å². The lowest BCUT2D eigenvalue weighted by atomic mass is 10.3. The van der Waals surface area contributed by atoms with Crippen molar-refractivity contribution in [3.05, 3.63) is 0 Å². The van der Waals surface area contributed by atoms with Crippen LogP contribution in [0.4, 0.5) is 0 Å². The van der Waals surface area contributed by atoms with Crippen LogP contribution in [-0.4, -0.2) is 47.1 Å². The predicted octanol–water partition coefficient (Wildman–Crippen LogP) is 3.32. The summed E-state index contributed by atoms with van der Waals surface area (Å²) in [4.78, 5) is 26.9. The van der Waals surface area contributed by atoms with Gasteiger partial charge in [-0.2, -0.15) is 4.31 Å². The highest BCUT2D eigenvalue weighted by Gasteiger charge is 2.40. The monoisotopic (exact) mass is 422 g/mol. The van der Waals surface area contributed by atoms with E-state index in [1.165, 1.54) is 0 Å². The zero-order valence-corrected chi connectivity index (χ0v) is 17.5. The highest BCUT2D eigenvalue weighted by atomic mass is 31.3. The summed E-state index contributed by atoms with van der Waals surface area (Å²) < 4.78 is 47.9. The molecule has 10 nitrogen and oxygen atoms in total. The van der Waals surface area contributed by atoms with Crippen molar-refractivity contribution in [3.63, 3.8) is 0 Å². The van der Waals surface area contributed by atoms with Crippen molar-refractivity contribution in [3.8, 4) is 0 Å². The minimum atomic E-state index is -5.21. The minimum Gasteiger partial charge on any atom is -0.326 e.